The standard InChI is InChI=1S/C11H9NO4/c13-10(14)9(11(15)16)8-5-6-3-1-2-4-7(6)12-8/h1-5,9,12H,(H,13,14)(H,15,16). The van der Waals surface area contributed by atoms with Crippen molar-refractivity contribution in [1.82, 2.24) is 4.98 Å². The lowest BCUT2D eigenvalue weighted by Crippen LogP contribution is -2.21. The van der Waals surface area contributed by atoms with E-state index in [1.807, 2.05) is 0 Å². The topological polar surface area (TPSA) is 90.4 Å². The van der Waals surface area contributed by atoms with Crippen molar-refractivity contribution in [2.45, 2.75) is 5.92 Å². The van der Waals surface area contributed by atoms with E-state index in [4.69, 9.17) is 10.2 Å². The van der Waals surface area contributed by atoms with Crippen LogP contribution in [0.2, 0.25) is 0 Å². The predicted molar refractivity (Wildman–Crippen MR) is 56.3 cm³/mol. The third-order valence-electron chi connectivity index (χ3n) is 2.36. The van der Waals surface area contributed by atoms with Gasteiger partial charge in [-0.25, -0.2) is 0 Å². The third-order valence-corrected chi connectivity index (χ3v) is 2.36. The summed E-state index contributed by atoms with van der Waals surface area (Å²) in [6.45, 7) is 0. The molecule has 0 saturated heterocycles. The summed E-state index contributed by atoms with van der Waals surface area (Å²) >= 11 is 0. The second-order valence-corrected chi connectivity index (χ2v) is 3.42. The molecule has 5 nitrogen and oxygen atoms in total. The maximum absolute atomic E-state index is 10.8. The van der Waals surface area contributed by atoms with E-state index < -0.39 is 17.9 Å². The normalized spacial score (nSPS) is 10.8. The Kier molecular flexibility index (Phi) is 2.36. The van der Waals surface area contributed by atoms with Gasteiger partial charge in [-0.15, -0.1) is 0 Å². The van der Waals surface area contributed by atoms with Gasteiger partial charge in [-0.2, -0.15) is 0 Å². The Morgan fingerprint density at radius 2 is 1.75 bits per heavy atom. The molecule has 0 bridgehead atoms. The molecule has 82 valence electrons. The Labute approximate surface area is 90.3 Å². The van der Waals surface area contributed by atoms with Gasteiger partial charge in [0.2, 0.25) is 0 Å². The number of para-hydroxylation sites is 1. The first-order valence-electron chi connectivity index (χ1n) is 4.63. The molecule has 1 aromatic carbocycles. The number of fused-ring (bicyclic) bond motifs is 1. The van der Waals surface area contributed by atoms with Gasteiger partial charge < -0.3 is 15.2 Å². The summed E-state index contributed by atoms with van der Waals surface area (Å²) in [7, 11) is 0. The number of hydrogen-bond acceptors (Lipinski definition) is 2. The van der Waals surface area contributed by atoms with E-state index in [1.165, 1.54) is 0 Å². The average molecular weight is 219 g/mol. The Morgan fingerprint density at radius 1 is 1.12 bits per heavy atom. The molecule has 2 rings (SSSR count). The van der Waals surface area contributed by atoms with Gasteiger partial charge in [-0.1, -0.05) is 18.2 Å². The molecule has 0 aliphatic rings. The first-order valence-corrected chi connectivity index (χ1v) is 4.63. The highest BCUT2D eigenvalue weighted by Gasteiger charge is 2.29. The van der Waals surface area contributed by atoms with Crippen molar-refractivity contribution >= 4 is 22.8 Å². The highest BCUT2D eigenvalue weighted by molar-refractivity contribution is 5.99. The van der Waals surface area contributed by atoms with E-state index in [0.717, 1.165) is 10.9 Å². The molecule has 0 atom stereocenters. The maximum atomic E-state index is 10.8. The number of aliphatic carboxylic acids is 2. The van der Waals surface area contributed by atoms with Crippen LogP contribution in [0.1, 0.15) is 11.6 Å². The van der Waals surface area contributed by atoms with Gasteiger partial charge in [0.25, 0.3) is 0 Å². The number of rotatable bonds is 3. The number of carbonyl (C=O) groups is 2. The second kappa shape index (κ2) is 3.69. The van der Waals surface area contributed by atoms with Crippen LogP contribution >= 0.6 is 0 Å². The zero-order valence-electron chi connectivity index (χ0n) is 8.18. The molecule has 1 aromatic heterocycles. The molecule has 0 radical (unpaired) electrons. The van der Waals surface area contributed by atoms with Crippen molar-refractivity contribution in [2.24, 2.45) is 0 Å². The first kappa shape index (κ1) is 10.2. The predicted octanol–water partition coefficient (Wildman–Crippen LogP) is 1.42. The van der Waals surface area contributed by atoms with Crippen LogP contribution in [0.5, 0.6) is 0 Å². The van der Waals surface area contributed by atoms with E-state index in [-0.39, 0.29) is 5.69 Å². The lowest BCUT2D eigenvalue weighted by atomic mass is 10.1. The van der Waals surface area contributed by atoms with Crippen LogP contribution in [0, 0.1) is 0 Å². The molecule has 3 N–H and O–H groups in total. The summed E-state index contributed by atoms with van der Waals surface area (Å²) < 4.78 is 0. The van der Waals surface area contributed by atoms with E-state index in [1.54, 1.807) is 30.3 Å². The summed E-state index contributed by atoms with van der Waals surface area (Å²) in [6.07, 6.45) is 0. The summed E-state index contributed by atoms with van der Waals surface area (Å²) in [4.78, 5) is 24.4. The van der Waals surface area contributed by atoms with Crippen LogP contribution < -0.4 is 0 Å². The summed E-state index contributed by atoms with van der Waals surface area (Å²) in [5.41, 5.74) is 0.909. The molecule has 0 spiro atoms. The fourth-order valence-corrected chi connectivity index (χ4v) is 1.62. The monoisotopic (exact) mass is 219 g/mol. The largest absolute Gasteiger partial charge is 0.480 e. The van der Waals surface area contributed by atoms with Crippen LogP contribution in [-0.2, 0) is 9.59 Å². The summed E-state index contributed by atoms with van der Waals surface area (Å²) in [5, 5.41) is 18.4. The maximum Gasteiger partial charge on any atom is 0.324 e. The molecule has 0 amide bonds. The van der Waals surface area contributed by atoms with Gasteiger partial charge in [0.05, 0.1) is 0 Å². The first-order chi connectivity index (χ1) is 7.59. The van der Waals surface area contributed by atoms with E-state index in [9.17, 15) is 9.59 Å². The number of aromatic amines is 1. The number of carboxylic acid groups (broad SMARTS) is 2. The van der Waals surface area contributed by atoms with Crippen molar-refractivity contribution in [3.05, 3.63) is 36.0 Å². The van der Waals surface area contributed by atoms with Crippen LogP contribution in [0.15, 0.2) is 30.3 Å². The van der Waals surface area contributed by atoms with E-state index in [0.29, 0.717) is 0 Å². The number of nitrogens with one attached hydrogen (secondary N) is 1. The van der Waals surface area contributed by atoms with Gasteiger partial charge in [0, 0.05) is 11.2 Å². The Hall–Kier alpha value is -2.30. The number of aromatic nitrogens is 1. The number of benzene rings is 1. The van der Waals surface area contributed by atoms with Crippen molar-refractivity contribution in [2.75, 3.05) is 0 Å². The molecule has 0 unspecified atom stereocenters. The molecule has 16 heavy (non-hydrogen) atoms. The highest BCUT2D eigenvalue weighted by atomic mass is 16.4. The Balaban J connectivity index is 2.53. The molecule has 2 aromatic rings. The summed E-state index contributed by atoms with van der Waals surface area (Å²) in [5.74, 6) is -4.30. The quantitative estimate of drug-likeness (QED) is 0.681. The van der Waals surface area contributed by atoms with Crippen molar-refractivity contribution in [1.29, 1.82) is 0 Å². The average Bonchev–Trinajstić information content (AvgIpc) is 2.58. The minimum Gasteiger partial charge on any atom is -0.480 e. The SMILES string of the molecule is O=C(O)C(C(=O)O)c1cc2ccccc2[nH]1. The molecule has 0 saturated carbocycles. The van der Waals surface area contributed by atoms with E-state index in [2.05, 4.69) is 4.98 Å². The van der Waals surface area contributed by atoms with Crippen LogP contribution in [0.25, 0.3) is 10.9 Å². The minimum absolute atomic E-state index is 0.182. The smallest absolute Gasteiger partial charge is 0.324 e. The lowest BCUT2D eigenvalue weighted by molar-refractivity contribution is -0.150. The Bertz CT molecular complexity index is 511. The molecule has 0 aliphatic carbocycles. The van der Waals surface area contributed by atoms with Crippen molar-refractivity contribution in [3.8, 4) is 0 Å². The highest BCUT2D eigenvalue weighted by Crippen LogP contribution is 2.21. The third kappa shape index (κ3) is 1.63. The van der Waals surface area contributed by atoms with Gasteiger partial charge in [0.1, 0.15) is 0 Å². The number of hydrogen-bond donors (Lipinski definition) is 3. The van der Waals surface area contributed by atoms with Gasteiger partial charge >= 0.3 is 11.9 Å². The van der Waals surface area contributed by atoms with Crippen molar-refractivity contribution < 1.29 is 19.8 Å². The van der Waals surface area contributed by atoms with Crippen LogP contribution in [0.3, 0.4) is 0 Å². The number of carboxylic acids is 2. The Morgan fingerprint density at radius 3 is 2.31 bits per heavy atom. The van der Waals surface area contributed by atoms with Crippen LogP contribution in [0.4, 0.5) is 0 Å². The zero-order chi connectivity index (χ0) is 11.7. The molecule has 5 heteroatoms. The number of H-pyrrole nitrogens is 1. The van der Waals surface area contributed by atoms with Crippen molar-refractivity contribution in [3.63, 3.8) is 0 Å². The van der Waals surface area contributed by atoms with E-state index >= 15 is 0 Å². The van der Waals surface area contributed by atoms with Gasteiger partial charge in [-0.3, -0.25) is 9.59 Å². The van der Waals surface area contributed by atoms with Gasteiger partial charge in [-0.05, 0) is 17.5 Å². The molecule has 0 aliphatic heterocycles. The molecule has 0 fully saturated rings. The molecular formula is C11H9NO4. The summed E-state index contributed by atoms with van der Waals surface area (Å²) in [6, 6.07) is 8.69. The fourth-order valence-electron chi connectivity index (χ4n) is 1.62. The van der Waals surface area contributed by atoms with Crippen LogP contribution in [-0.4, -0.2) is 27.1 Å². The zero-order valence-corrected chi connectivity index (χ0v) is 8.18. The van der Waals surface area contributed by atoms with Gasteiger partial charge in [0.15, 0.2) is 5.92 Å². The fraction of sp³-hybridized carbons (Fsp3) is 0.0909. The lowest BCUT2D eigenvalue weighted by Gasteiger charge is -2.03. The molecular weight excluding hydrogens is 210 g/mol. The minimum atomic E-state index is -1.55. The second-order valence-electron chi connectivity index (χ2n) is 3.42. The molecule has 1 heterocycles.